The lowest BCUT2D eigenvalue weighted by atomic mass is 10.2. The van der Waals surface area contributed by atoms with E-state index in [1.54, 1.807) is 0 Å². The molecule has 1 heterocycles. The Morgan fingerprint density at radius 2 is 2.05 bits per heavy atom. The molecule has 0 radical (unpaired) electrons. The number of oxazole rings is 1. The average Bonchev–Trinajstić information content (AvgIpc) is 2.81. The number of hydrogen-bond donors (Lipinski definition) is 2. The summed E-state index contributed by atoms with van der Waals surface area (Å²) >= 11 is 8.31. The third-order valence-electron chi connectivity index (χ3n) is 2.76. The van der Waals surface area contributed by atoms with Crippen LogP contribution in [0, 0.1) is 0 Å². The lowest BCUT2D eigenvalue weighted by molar-refractivity contribution is 0.619. The van der Waals surface area contributed by atoms with Crippen LogP contribution in [-0.4, -0.2) is 10.1 Å². The van der Waals surface area contributed by atoms with E-state index in [4.69, 9.17) is 22.4 Å². The first-order valence-electron chi connectivity index (χ1n) is 5.85. The molecule has 2 aromatic carbocycles. The maximum atomic E-state index is 5.76. The number of nitrogens with one attached hydrogen (secondary N) is 1. The van der Waals surface area contributed by atoms with E-state index in [0.717, 1.165) is 21.2 Å². The van der Waals surface area contributed by atoms with Crippen molar-refractivity contribution in [3.05, 3.63) is 46.9 Å². The van der Waals surface area contributed by atoms with Crippen LogP contribution in [0.2, 0.25) is 0 Å². The van der Waals surface area contributed by atoms with Gasteiger partial charge in [0.15, 0.2) is 10.7 Å². The number of anilines is 1. The van der Waals surface area contributed by atoms with E-state index in [1.165, 1.54) is 0 Å². The molecule has 0 atom stereocenters. The minimum absolute atomic E-state index is 0.221. The Labute approximate surface area is 129 Å². The lowest BCUT2D eigenvalue weighted by Crippen LogP contribution is -2.18. The van der Waals surface area contributed by atoms with Crippen molar-refractivity contribution in [3.63, 3.8) is 0 Å². The zero-order chi connectivity index (χ0) is 14.1. The van der Waals surface area contributed by atoms with Crippen molar-refractivity contribution >= 4 is 50.0 Å². The van der Waals surface area contributed by atoms with Crippen LogP contribution in [0.5, 0.6) is 0 Å². The number of nitrogens with zero attached hydrogens (tertiary/aromatic N) is 1. The molecule has 0 bridgehead atoms. The van der Waals surface area contributed by atoms with Gasteiger partial charge < -0.3 is 15.5 Å². The van der Waals surface area contributed by atoms with E-state index in [0.29, 0.717) is 11.5 Å². The first-order chi connectivity index (χ1) is 9.63. The van der Waals surface area contributed by atoms with Crippen molar-refractivity contribution in [3.8, 4) is 11.5 Å². The maximum absolute atomic E-state index is 5.76. The third kappa shape index (κ3) is 2.52. The number of benzene rings is 2. The zero-order valence-corrected chi connectivity index (χ0v) is 12.7. The van der Waals surface area contributed by atoms with Crippen LogP contribution < -0.4 is 11.1 Å². The van der Waals surface area contributed by atoms with Crippen molar-refractivity contribution in [1.29, 1.82) is 0 Å². The highest BCUT2D eigenvalue weighted by Crippen LogP contribution is 2.30. The van der Waals surface area contributed by atoms with Gasteiger partial charge in [-0.3, -0.25) is 0 Å². The van der Waals surface area contributed by atoms with Crippen molar-refractivity contribution < 1.29 is 4.42 Å². The van der Waals surface area contributed by atoms with Gasteiger partial charge in [0, 0.05) is 10.2 Å². The molecule has 0 spiro atoms. The van der Waals surface area contributed by atoms with Gasteiger partial charge in [-0.1, -0.05) is 12.1 Å². The summed E-state index contributed by atoms with van der Waals surface area (Å²) in [5, 5.41) is 3.10. The van der Waals surface area contributed by atoms with Gasteiger partial charge in [0.05, 0.1) is 5.56 Å². The molecule has 6 heteroatoms. The number of thiocarbonyl (C=S) groups is 1. The van der Waals surface area contributed by atoms with E-state index in [-0.39, 0.29) is 5.11 Å². The first kappa shape index (κ1) is 13.1. The highest BCUT2D eigenvalue weighted by molar-refractivity contribution is 9.10. The minimum Gasteiger partial charge on any atom is -0.436 e. The SMILES string of the molecule is NC(=S)Nc1ccc2oc(-c3ccccc3Br)nc2c1. The first-order valence-corrected chi connectivity index (χ1v) is 7.05. The highest BCUT2D eigenvalue weighted by Gasteiger charge is 2.11. The van der Waals surface area contributed by atoms with Crippen LogP contribution in [0.15, 0.2) is 51.4 Å². The number of rotatable bonds is 2. The molecule has 0 unspecified atom stereocenters. The maximum Gasteiger partial charge on any atom is 0.228 e. The van der Waals surface area contributed by atoms with Crippen LogP contribution >= 0.6 is 28.1 Å². The number of fused-ring (bicyclic) bond motifs is 1. The summed E-state index contributed by atoms with van der Waals surface area (Å²) in [6.07, 6.45) is 0. The third-order valence-corrected chi connectivity index (χ3v) is 3.55. The van der Waals surface area contributed by atoms with Crippen molar-refractivity contribution in [2.24, 2.45) is 5.73 Å². The molecule has 0 fully saturated rings. The Kier molecular flexibility index (Phi) is 3.42. The molecule has 0 saturated heterocycles. The quantitative estimate of drug-likeness (QED) is 0.688. The van der Waals surface area contributed by atoms with Crippen molar-refractivity contribution in [2.75, 3.05) is 5.32 Å². The minimum atomic E-state index is 0.221. The summed E-state index contributed by atoms with van der Waals surface area (Å²) in [7, 11) is 0. The molecule has 0 aliphatic carbocycles. The topological polar surface area (TPSA) is 64.1 Å². The van der Waals surface area contributed by atoms with Gasteiger partial charge in [0.25, 0.3) is 0 Å². The van der Waals surface area contributed by atoms with E-state index < -0.39 is 0 Å². The second-order valence-corrected chi connectivity index (χ2v) is 5.46. The van der Waals surface area contributed by atoms with E-state index >= 15 is 0 Å². The average molecular weight is 348 g/mol. The summed E-state index contributed by atoms with van der Waals surface area (Å²) in [6.45, 7) is 0. The normalized spacial score (nSPS) is 10.7. The van der Waals surface area contributed by atoms with E-state index in [2.05, 4.69) is 26.2 Å². The smallest absolute Gasteiger partial charge is 0.228 e. The standard InChI is InChI=1S/C14H10BrN3OS/c15-10-4-2-1-3-9(10)13-18-11-7-8(17-14(16)20)5-6-12(11)19-13/h1-7H,(H3,16,17,20). The summed E-state index contributed by atoms with van der Waals surface area (Å²) in [5.41, 5.74) is 8.61. The Morgan fingerprint density at radius 1 is 1.25 bits per heavy atom. The van der Waals surface area contributed by atoms with E-state index in [1.807, 2.05) is 42.5 Å². The van der Waals surface area contributed by atoms with Crippen LogP contribution in [0.4, 0.5) is 5.69 Å². The number of hydrogen-bond acceptors (Lipinski definition) is 3. The van der Waals surface area contributed by atoms with E-state index in [9.17, 15) is 0 Å². The second kappa shape index (κ2) is 5.22. The Bertz CT molecular complexity index is 800. The predicted octanol–water partition coefficient (Wildman–Crippen LogP) is 3.91. The van der Waals surface area contributed by atoms with Crippen LogP contribution in [0.25, 0.3) is 22.6 Å². The van der Waals surface area contributed by atoms with Gasteiger partial charge in [-0.25, -0.2) is 4.98 Å². The molecule has 0 aliphatic rings. The lowest BCUT2D eigenvalue weighted by Gasteiger charge is -2.01. The largest absolute Gasteiger partial charge is 0.436 e. The monoisotopic (exact) mass is 347 g/mol. The zero-order valence-electron chi connectivity index (χ0n) is 10.3. The Hall–Kier alpha value is -1.92. The fourth-order valence-corrected chi connectivity index (χ4v) is 2.47. The predicted molar refractivity (Wildman–Crippen MR) is 87.6 cm³/mol. The molecule has 20 heavy (non-hydrogen) atoms. The molecule has 0 amide bonds. The number of nitrogens with two attached hydrogens (primary N) is 1. The van der Waals surface area contributed by atoms with Crippen LogP contribution in [0.3, 0.4) is 0 Å². The van der Waals surface area contributed by atoms with Crippen LogP contribution in [0.1, 0.15) is 0 Å². The molecule has 100 valence electrons. The van der Waals surface area contributed by atoms with Gasteiger partial charge in [-0.2, -0.15) is 0 Å². The molecule has 3 aromatic rings. The van der Waals surface area contributed by atoms with Crippen molar-refractivity contribution in [1.82, 2.24) is 4.98 Å². The molecule has 1 aromatic heterocycles. The molecule has 4 nitrogen and oxygen atoms in total. The molecule has 0 aliphatic heterocycles. The summed E-state index contributed by atoms with van der Waals surface area (Å²) in [6, 6.07) is 13.3. The van der Waals surface area contributed by atoms with Gasteiger partial charge in [-0.15, -0.1) is 0 Å². The summed E-state index contributed by atoms with van der Waals surface area (Å²) in [5.74, 6) is 0.569. The second-order valence-electron chi connectivity index (χ2n) is 4.17. The summed E-state index contributed by atoms with van der Waals surface area (Å²) in [4.78, 5) is 4.49. The summed E-state index contributed by atoms with van der Waals surface area (Å²) < 4.78 is 6.70. The Balaban J connectivity index is 2.07. The van der Waals surface area contributed by atoms with Crippen LogP contribution in [-0.2, 0) is 0 Å². The van der Waals surface area contributed by atoms with Gasteiger partial charge in [0.1, 0.15) is 5.52 Å². The molecule has 3 rings (SSSR count). The van der Waals surface area contributed by atoms with Gasteiger partial charge in [0.2, 0.25) is 5.89 Å². The number of aromatic nitrogens is 1. The van der Waals surface area contributed by atoms with Gasteiger partial charge >= 0.3 is 0 Å². The molecular formula is C14H10BrN3OS. The molecule has 0 saturated carbocycles. The van der Waals surface area contributed by atoms with Crippen molar-refractivity contribution in [2.45, 2.75) is 0 Å². The molecule has 3 N–H and O–H groups in total. The number of halogens is 1. The fourth-order valence-electron chi connectivity index (χ4n) is 1.90. The Morgan fingerprint density at radius 3 is 2.80 bits per heavy atom. The molecular weight excluding hydrogens is 338 g/mol. The fraction of sp³-hybridized carbons (Fsp3) is 0. The van der Waals surface area contributed by atoms with Gasteiger partial charge in [-0.05, 0) is 58.5 Å². The highest BCUT2D eigenvalue weighted by atomic mass is 79.9.